The SMILES string of the molecule is Cc1c(-c2cc[nH]c2)nn(C)c1C1CCCN1. The molecule has 2 aromatic heterocycles. The van der Waals surface area contributed by atoms with E-state index in [2.05, 4.69) is 28.4 Å². The van der Waals surface area contributed by atoms with Gasteiger partial charge in [0.1, 0.15) is 0 Å². The predicted molar refractivity (Wildman–Crippen MR) is 67.7 cm³/mol. The van der Waals surface area contributed by atoms with Gasteiger partial charge in [0.25, 0.3) is 0 Å². The van der Waals surface area contributed by atoms with E-state index in [-0.39, 0.29) is 0 Å². The smallest absolute Gasteiger partial charge is 0.0970 e. The molecule has 1 aliphatic rings. The van der Waals surface area contributed by atoms with Crippen LogP contribution in [0.2, 0.25) is 0 Å². The van der Waals surface area contributed by atoms with Crippen LogP contribution in [0.15, 0.2) is 18.5 Å². The van der Waals surface area contributed by atoms with E-state index >= 15 is 0 Å². The Morgan fingerprint density at radius 1 is 1.47 bits per heavy atom. The van der Waals surface area contributed by atoms with Gasteiger partial charge in [-0.15, -0.1) is 0 Å². The zero-order chi connectivity index (χ0) is 11.8. The number of H-pyrrole nitrogens is 1. The lowest BCUT2D eigenvalue weighted by Gasteiger charge is -2.11. The topological polar surface area (TPSA) is 45.6 Å². The van der Waals surface area contributed by atoms with E-state index < -0.39 is 0 Å². The van der Waals surface area contributed by atoms with Crippen LogP contribution < -0.4 is 5.32 Å². The highest BCUT2D eigenvalue weighted by Crippen LogP contribution is 2.31. The van der Waals surface area contributed by atoms with E-state index in [4.69, 9.17) is 0 Å². The molecule has 3 heterocycles. The number of rotatable bonds is 2. The van der Waals surface area contributed by atoms with Crippen molar-refractivity contribution >= 4 is 0 Å². The lowest BCUT2D eigenvalue weighted by atomic mass is 10.0. The van der Waals surface area contributed by atoms with E-state index in [9.17, 15) is 0 Å². The molecule has 4 heteroatoms. The summed E-state index contributed by atoms with van der Waals surface area (Å²) < 4.78 is 2.03. The first-order valence-electron chi connectivity index (χ1n) is 6.17. The van der Waals surface area contributed by atoms with Crippen LogP contribution in [0, 0.1) is 6.92 Å². The number of nitrogens with zero attached hydrogens (tertiary/aromatic N) is 2. The van der Waals surface area contributed by atoms with Crippen molar-refractivity contribution in [2.24, 2.45) is 7.05 Å². The van der Waals surface area contributed by atoms with Crippen molar-refractivity contribution in [3.05, 3.63) is 29.7 Å². The highest BCUT2D eigenvalue weighted by Gasteiger charge is 2.24. The molecule has 17 heavy (non-hydrogen) atoms. The molecule has 1 atom stereocenters. The average Bonchev–Trinajstić information content (AvgIpc) is 2.99. The molecule has 2 aromatic rings. The van der Waals surface area contributed by atoms with Crippen LogP contribution in [-0.2, 0) is 7.05 Å². The largest absolute Gasteiger partial charge is 0.367 e. The van der Waals surface area contributed by atoms with Crippen molar-refractivity contribution in [1.29, 1.82) is 0 Å². The Morgan fingerprint density at radius 3 is 3.00 bits per heavy atom. The van der Waals surface area contributed by atoms with E-state index in [1.54, 1.807) is 0 Å². The van der Waals surface area contributed by atoms with Gasteiger partial charge in [-0.1, -0.05) is 0 Å². The van der Waals surface area contributed by atoms with Crippen LogP contribution in [0.25, 0.3) is 11.3 Å². The van der Waals surface area contributed by atoms with Gasteiger partial charge in [0, 0.05) is 31.0 Å². The summed E-state index contributed by atoms with van der Waals surface area (Å²) in [5.41, 5.74) is 4.89. The molecule has 3 rings (SSSR count). The maximum atomic E-state index is 4.65. The molecular formula is C13H18N4. The Balaban J connectivity index is 2.05. The second-order valence-electron chi connectivity index (χ2n) is 4.73. The number of nitrogens with one attached hydrogen (secondary N) is 2. The molecule has 0 saturated carbocycles. The molecule has 0 spiro atoms. The van der Waals surface area contributed by atoms with Gasteiger partial charge in [0.15, 0.2) is 0 Å². The zero-order valence-electron chi connectivity index (χ0n) is 10.3. The third-order valence-electron chi connectivity index (χ3n) is 3.60. The minimum absolute atomic E-state index is 0.472. The number of hydrogen-bond donors (Lipinski definition) is 2. The summed E-state index contributed by atoms with van der Waals surface area (Å²) in [6.07, 6.45) is 6.42. The van der Waals surface area contributed by atoms with Crippen LogP contribution in [0.3, 0.4) is 0 Å². The second-order valence-corrected chi connectivity index (χ2v) is 4.73. The molecule has 1 saturated heterocycles. The number of aromatic nitrogens is 3. The summed E-state index contributed by atoms with van der Waals surface area (Å²) >= 11 is 0. The minimum Gasteiger partial charge on any atom is -0.367 e. The van der Waals surface area contributed by atoms with Crippen LogP contribution >= 0.6 is 0 Å². The van der Waals surface area contributed by atoms with Gasteiger partial charge in [0.2, 0.25) is 0 Å². The molecule has 90 valence electrons. The fourth-order valence-electron chi connectivity index (χ4n) is 2.79. The molecule has 0 bridgehead atoms. The van der Waals surface area contributed by atoms with Crippen molar-refractivity contribution in [2.75, 3.05) is 6.54 Å². The molecule has 1 fully saturated rings. The molecule has 1 unspecified atom stereocenters. The van der Waals surface area contributed by atoms with Crippen molar-refractivity contribution in [3.8, 4) is 11.3 Å². The van der Waals surface area contributed by atoms with Crippen LogP contribution in [0.4, 0.5) is 0 Å². The Morgan fingerprint density at radius 2 is 2.35 bits per heavy atom. The van der Waals surface area contributed by atoms with Gasteiger partial charge in [0.05, 0.1) is 11.4 Å². The maximum Gasteiger partial charge on any atom is 0.0970 e. The first-order chi connectivity index (χ1) is 8.27. The molecule has 1 aliphatic heterocycles. The average molecular weight is 230 g/mol. The Labute approximate surface area is 101 Å². The van der Waals surface area contributed by atoms with Crippen molar-refractivity contribution in [2.45, 2.75) is 25.8 Å². The summed E-state index contributed by atoms with van der Waals surface area (Å²) in [5, 5.41) is 8.20. The summed E-state index contributed by atoms with van der Waals surface area (Å²) in [6.45, 7) is 3.29. The monoisotopic (exact) mass is 230 g/mol. The highest BCUT2D eigenvalue weighted by atomic mass is 15.3. The third kappa shape index (κ3) is 1.69. The van der Waals surface area contributed by atoms with Gasteiger partial charge in [-0.25, -0.2) is 0 Å². The van der Waals surface area contributed by atoms with Crippen LogP contribution in [0.5, 0.6) is 0 Å². The fraction of sp³-hybridized carbons (Fsp3) is 0.462. The Hall–Kier alpha value is -1.55. The van der Waals surface area contributed by atoms with Gasteiger partial charge in [-0.3, -0.25) is 4.68 Å². The van der Waals surface area contributed by atoms with E-state index in [0.717, 1.165) is 12.2 Å². The lowest BCUT2D eigenvalue weighted by Crippen LogP contribution is -2.17. The van der Waals surface area contributed by atoms with E-state index in [1.165, 1.54) is 29.7 Å². The van der Waals surface area contributed by atoms with Gasteiger partial charge in [-0.05, 0) is 37.9 Å². The lowest BCUT2D eigenvalue weighted by molar-refractivity contribution is 0.571. The maximum absolute atomic E-state index is 4.65. The fourth-order valence-corrected chi connectivity index (χ4v) is 2.79. The number of aromatic amines is 1. The van der Waals surface area contributed by atoms with Gasteiger partial charge in [-0.2, -0.15) is 5.10 Å². The van der Waals surface area contributed by atoms with Crippen molar-refractivity contribution in [3.63, 3.8) is 0 Å². The third-order valence-corrected chi connectivity index (χ3v) is 3.60. The predicted octanol–water partition coefficient (Wildman–Crippen LogP) is 2.15. The van der Waals surface area contributed by atoms with Crippen LogP contribution in [0.1, 0.15) is 30.1 Å². The summed E-state index contributed by atoms with van der Waals surface area (Å²) in [5.74, 6) is 0. The Bertz CT molecular complexity index is 504. The summed E-state index contributed by atoms with van der Waals surface area (Å²) in [6, 6.07) is 2.54. The number of aryl methyl sites for hydroxylation is 1. The van der Waals surface area contributed by atoms with Gasteiger partial charge < -0.3 is 10.3 Å². The molecule has 0 radical (unpaired) electrons. The summed E-state index contributed by atoms with van der Waals surface area (Å²) in [7, 11) is 2.04. The van der Waals surface area contributed by atoms with Gasteiger partial charge >= 0.3 is 0 Å². The molecular weight excluding hydrogens is 212 g/mol. The van der Waals surface area contributed by atoms with Crippen molar-refractivity contribution < 1.29 is 0 Å². The quantitative estimate of drug-likeness (QED) is 0.830. The van der Waals surface area contributed by atoms with E-state index in [0.29, 0.717) is 6.04 Å². The standard InChI is InChI=1S/C13H18N4/c1-9-12(10-5-7-14-8-10)16-17(2)13(9)11-4-3-6-15-11/h5,7-8,11,14-15H,3-4,6H2,1-2H3. The summed E-state index contributed by atoms with van der Waals surface area (Å²) in [4.78, 5) is 3.09. The first kappa shape index (κ1) is 10.6. The van der Waals surface area contributed by atoms with Crippen molar-refractivity contribution in [1.82, 2.24) is 20.1 Å². The first-order valence-corrected chi connectivity index (χ1v) is 6.17. The van der Waals surface area contributed by atoms with Crippen LogP contribution in [-0.4, -0.2) is 21.3 Å². The molecule has 4 nitrogen and oxygen atoms in total. The Kier molecular flexibility index (Phi) is 2.52. The molecule has 0 aromatic carbocycles. The molecule has 0 aliphatic carbocycles. The zero-order valence-corrected chi connectivity index (χ0v) is 10.3. The molecule has 2 N–H and O–H groups in total. The minimum atomic E-state index is 0.472. The van der Waals surface area contributed by atoms with E-state index in [1.807, 2.05) is 24.1 Å². The number of hydrogen-bond acceptors (Lipinski definition) is 2. The normalized spacial score (nSPS) is 20.0. The molecule has 0 amide bonds. The highest BCUT2D eigenvalue weighted by molar-refractivity contribution is 5.63. The second kappa shape index (κ2) is 4.04.